The fourth-order valence-electron chi connectivity index (χ4n) is 1.92. The molecule has 1 saturated heterocycles. The molecule has 0 aliphatic carbocycles. The van der Waals surface area contributed by atoms with E-state index in [0.717, 1.165) is 44.9 Å². The number of rotatable bonds is 7. The molecule has 106 valence electrons. The summed E-state index contributed by atoms with van der Waals surface area (Å²) in [4.78, 5) is 6.63. The maximum absolute atomic E-state index is 9.54. The summed E-state index contributed by atoms with van der Waals surface area (Å²) in [7, 11) is 0. The lowest BCUT2D eigenvalue weighted by atomic mass is 10.3. The molecule has 0 radical (unpaired) electrons. The normalized spacial score (nSPS) is 20.5. The maximum atomic E-state index is 9.54. The molecule has 2 N–H and O–H groups in total. The minimum atomic E-state index is -0.213. The zero-order chi connectivity index (χ0) is 13.2. The number of likely N-dealkylation sites (tertiary alicyclic amines) is 1. The van der Waals surface area contributed by atoms with Crippen molar-refractivity contribution in [1.29, 1.82) is 0 Å². The van der Waals surface area contributed by atoms with Gasteiger partial charge in [0.25, 0.3) is 0 Å². The van der Waals surface area contributed by atoms with Gasteiger partial charge in [-0.25, -0.2) is 0 Å². The average molecular weight is 257 g/mol. The number of hydrogen-bond donors (Lipinski definition) is 2. The Morgan fingerprint density at radius 1 is 1.44 bits per heavy atom. The van der Waals surface area contributed by atoms with Crippen LogP contribution in [0.4, 0.5) is 0 Å². The van der Waals surface area contributed by atoms with Crippen LogP contribution in [0.2, 0.25) is 0 Å². The number of unbranched alkanes of at least 4 members (excludes halogenated alkanes) is 1. The zero-order valence-electron chi connectivity index (χ0n) is 11.7. The molecule has 1 aliphatic heterocycles. The first kappa shape index (κ1) is 15.2. The summed E-state index contributed by atoms with van der Waals surface area (Å²) in [6.07, 6.45) is 2.89. The highest BCUT2D eigenvalue weighted by Gasteiger charge is 2.22. The second-order valence-corrected chi connectivity index (χ2v) is 4.59. The maximum Gasteiger partial charge on any atom is 0.194 e. The molecule has 0 saturated carbocycles. The summed E-state index contributed by atoms with van der Waals surface area (Å²) in [5.41, 5.74) is 0. The van der Waals surface area contributed by atoms with Crippen LogP contribution in [0.3, 0.4) is 0 Å². The molecular formula is C13H27N3O2. The Balaban J connectivity index is 2.27. The number of aliphatic hydroxyl groups is 1. The lowest BCUT2D eigenvalue weighted by Gasteiger charge is -2.20. The quantitative estimate of drug-likeness (QED) is 0.403. The number of aliphatic imine (C=N–C) groups is 1. The average Bonchev–Trinajstić information content (AvgIpc) is 2.79. The number of guanidine groups is 1. The lowest BCUT2D eigenvalue weighted by Crippen LogP contribution is -2.40. The molecule has 0 amide bonds. The van der Waals surface area contributed by atoms with Gasteiger partial charge >= 0.3 is 0 Å². The molecular weight excluding hydrogens is 230 g/mol. The molecule has 0 aromatic heterocycles. The molecule has 1 heterocycles. The van der Waals surface area contributed by atoms with E-state index in [4.69, 9.17) is 4.74 Å². The Hall–Kier alpha value is -0.810. The number of aliphatic hydroxyl groups excluding tert-OH is 1. The molecule has 18 heavy (non-hydrogen) atoms. The summed E-state index contributed by atoms with van der Waals surface area (Å²) < 4.78 is 5.48. The van der Waals surface area contributed by atoms with Crippen molar-refractivity contribution in [3.63, 3.8) is 0 Å². The Bertz CT molecular complexity index is 246. The van der Waals surface area contributed by atoms with Gasteiger partial charge in [-0.3, -0.25) is 4.99 Å². The van der Waals surface area contributed by atoms with Crippen molar-refractivity contribution in [3.8, 4) is 0 Å². The summed E-state index contributed by atoms with van der Waals surface area (Å²) in [5.74, 6) is 0.896. The highest BCUT2D eigenvalue weighted by molar-refractivity contribution is 5.80. The van der Waals surface area contributed by atoms with Crippen LogP contribution in [0, 0.1) is 0 Å². The van der Waals surface area contributed by atoms with Crippen LogP contribution >= 0.6 is 0 Å². The van der Waals surface area contributed by atoms with Crippen molar-refractivity contribution in [2.75, 3.05) is 39.4 Å². The minimum Gasteiger partial charge on any atom is -0.391 e. The first-order valence-electron chi connectivity index (χ1n) is 7.07. The molecule has 1 rings (SSSR count). The SMILES string of the molecule is CCCCOCCN=C(NCC)N1CC[C@@H](O)C1. The van der Waals surface area contributed by atoms with E-state index >= 15 is 0 Å². The van der Waals surface area contributed by atoms with Gasteiger partial charge in [-0.2, -0.15) is 0 Å². The van der Waals surface area contributed by atoms with Crippen molar-refractivity contribution >= 4 is 5.96 Å². The smallest absolute Gasteiger partial charge is 0.194 e. The van der Waals surface area contributed by atoms with Crippen LogP contribution in [0.5, 0.6) is 0 Å². The van der Waals surface area contributed by atoms with Crippen molar-refractivity contribution in [2.45, 2.75) is 39.2 Å². The molecule has 1 atom stereocenters. The summed E-state index contributed by atoms with van der Waals surface area (Å²) in [5, 5.41) is 12.8. The Morgan fingerprint density at radius 2 is 2.28 bits per heavy atom. The van der Waals surface area contributed by atoms with Gasteiger partial charge in [0, 0.05) is 26.2 Å². The van der Waals surface area contributed by atoms with Crippen LogP contribution in [0.25, 0.3) is 0 Å². The third-order valence-electron chi connectivity index (χ3n) is 2.94. The lowest BCUT2D eigenvalue weighted by molar-refractivity contribution is 0.138. The van der Waals surface area contributed by atoms with Crippen LogP contribution < -0.4 is 5.32 Å². The molecule has 0 spiro atoms. The molecule has 0 aromatic rings. The van der Waals surface area contributed by atoms with E-state index in [-0.39, 0.29) is 6.10 Å². The van der Waals surface area contributed by atoms with Gasteiger partial charge in [0.1, 0.15) is 0 Å². The van der Waals surface area contributed by atoms with Crippen molar-refractivity contribution in [3.05, 3.63) is 0 Å². The number of ether oxygens (including phenoxy) is 1. The molecule has 0 aromatic carbocycles. The van der Waals surface area contributed by atoms with Gasteiger partial charge in [0.15, 0.2) is 5.96 Å². The van der Waals surface area contributed by atoms with Crippen LogP contribution in [-0.4, -0.2) is 61.5 Å². The first-order chi connectivity index (χ1) is 8.77. The fraction of sp³-hybridized carbons (Fsp3) is 0.923. The molecule has 1 fully saturated rings. The van der Waals surface area contributed by atoms with Gasteiger partial charge in [0.05, 0.1) is 19.3 Å². The van der Waals surface area contributed by atoms with Gasteiger partial charge in [-0.05, 0) is 19.8 Å². The van der Waals surface area contributed by atoms with Gasteiger partial charge < -0.3 is 20.1 Å². The zero-order valence-corrected chi connectivity index (χ0v) is 11.7. The van der Waals surface area contributed by atoms with E-state index in [2.05, 4.69) is 29.1 Å². The molecule has 0 bridgehead atoms. The first-order valence-corrected chi connectivity index (χ1v) is 7.07. The second-order valence-electron chi connectivity index (χ2n) is 4.59. The van der Waals surface area contributed by atoms with Crippen LogP contribution in [0.15, 0.2) is 4.99 Å². The summed E-state index contributed by atoms with van der Waals surface area (Å²) in [6.45, 7) is 8.80. The summed E-state index contributed by atoms with van der Waals surface area (Å²) >= 11 is 0. The molecule has 0 unspecified atom stereocenters. The number of β-amino-alcohol motifs (C(OH)–C–C–N with tert-alkyl or cyclic N) is 1. The van der Waals surface area contributed by atoms with Crippen molar-refractivity contribution in [1.82, 2.24) is 10.2 Å². The predicted octanol–water partition coefficient (Wildman–Crippen LogP) is 0.835. The topological polar surface area (TPSA) is 57.1 Å². The third kappa shape index (κ3) is 5.69. The van der Waals surface area contributed by atoms with E-state index in [1.807, 2.05) is 0 Å². The predicted molar refractivity (Wildman–Crippen MR) is 73.9 cm³/mol. The van der Waals surface area contributed by atoms with Crippen molar-refractivity contribution in [2.24, 2.45) is 4.99 Å². The highest BCUT2D eigenvalue weighted by Crippen LogP contribution is 2.08. The van der Waals surface area contributed by atoms with E-state index in [1.165, 1.54) is 0 Å². The Labute approximate surface area is 110 Å². The molecule has 5 heteroatoms. The number of hydrogen-bond acceptors (Lipinski definition) is 3. The molecule has 5 nitrogen and oxygen atoms in total. The highest BCUT2D eigenvalue weighted by atomic mass is 16.5. The van der Waals surface area contributed by atoms with Crippen LogP contribution in [0.1, 0.15) is 33.1 Å². The van der Waals surface area contributed by atoms with E-state index in [1.54, 1.807) is 0 Å². The van der Waals surface area contributed by atoms with Gasteiger partial charge in [-0.15, -0.1) is 0 Å². The van der Waals surface area contributed by atoms with E-state index < -0.39 is 0 Å². The Morgan fingerprint density at radius 3 is 2.89 bits per heavy atom. The monoisotopic (exact) mass is 257 g/mol. The number of nitrogens with zero attached hydrogens (tertiary/aromatic N) is 2. The van der Waals surface area contributed by atoms with Crippen LogP contribution in [-0.2, 0) is 4.74 Å². The standard InChI is InChI=1S/C13H27N3O2/c1-3-5-9-18-10-7-15-13(14-4-2)16-8-6-12(17)11-16/h12,17H,3-11H2,1-2H3,(H,14,15)/t12-/m1/s1. The summed E-state index contributed by atoms with van der Waals surface area (Å²) in [6, 6.07) is 0. The molecule has 1 aliphatic rings. The second kappa shape index (κ2) is 9.16. The van der Waals surface area contributed by atoms with E-state index in [0.29, 0.717) is 19.7 Å². The largest absolute Gasteiger partial charge is 0.391 e. The fourth-order valence-corrected chi connectivity index (χ4v) is 1.92. The minimum absolute atomic E-state index is 0.213. The number of nitrogens with one attached hydrogen (secondary N) is 1. The van der Waals surface area contributed by atoms with E-state index in [9.17, 15) is 5.11 Å². The van der Waals surface area contributed by atoms with Gasteiger partial charge in [-0.1, -0.05) is 13.3 Å². The Kier molecular flexibility index (Phi) is 7.76. The third-order valence-corrected chi connectivity index (χ3v) is 2.94. The van der Waals surface area contributed by atoms with Crippen molar-refractivity contribution < 1.29 is 9.84 Å². The van der Waals surface area contributed by atoms with Gasteiger partial charge in [0.2, 0.25) is 0 Å².